The Morgan fingerprint density at radius 2 is 1.23 bits per heavy atom. The lowest BCUT2D eigenvalue weighted by Crippen LogP contribution is -2.20. The quantitative estimate of drug-likeness (QED) is 0.169. The van der Waals surface area contributed by atoms with Gasteiger partial charge in [-0.3, -0.25) is 9.59 Å². The number of ether oxygens (including phenoxy) is 1. The Kier molecular flexibility index (Phi) is 14.9. The van der Waals surface area contributed by atoms with Gasteiger partial charge in [0.25, 0.3) is 0 Å². The van der Waals surface area contributed by atoms with E-state index < -0.39 is 17.1 Å². The Labute approximate surface area is 141 Å². The Morgan fingerprint density at radius 1 is 0.818 bits per heavy atom. The van der Waals surface area contributed by atoms with Gasteiger partial charge in [-0.15, -0.1) is 0 Å². The zero-order valence-corrected chi connectivity index (χ0v) is 15.1. The van der Waals surface area contributed by atoms with Crippen LogP contribution in [0.25, 0.3) is 0 Å². The summed E-state index contributed by atoms with van der Waals surface area (Å²) in [4.78, 5) is 22.1. The summed E-state index contributed by atoms with van der Waals surface area (Å²) < 4.78 is 5.01. The molecule has 0 heterocycles. The van der Waals surface area contributed by atoms with Crippen molar-refractivity contribution >= 4 is 22.8 Å². The van der Waals surface area contributed by atoms with Crippen molar-refractivity contribution in [2.24, 2.45) is 5.92 Å². The molecular formula is C18H33ClO3. The number of halogens is 1. The van der Waals surface area contributed by atoms with Crippen LogP contribution < -0.4 is 0 Å². The molecule has 22 heavy (non-hydrogen) atoms. The molecule has 130 valence electrons. The molecule has 1 atom stereocenters. The second-order valence-corrected chi connectivity index (χ2v) is 6.45. The smallest absolute Gasteiger partial charge is 0.317 e. The van der Waals surface area contributed by atoms with Gasteiger partial charge in [-0.2, -0.15) is 0 Å². The summed E-state index contributed by atoms with van der Waals surface area (Å²) >= 11 is 5.24. The van der Waals surface area contributed by atoms with Crippen LogP contribution in [0.3, 0.4) is 0 Å². The highest BCUT2D eigenvalue weighted by Gasteiger charge is 2.20. The largest absolute Gasteiger partial charge is 0.465 e. The van der Waals surface area contributed by atoms with Crippen molar-refractivity contribution in [3.8, 4) is 0 Å². The van der Waals surface area contributed by atoms with Gasteiger partial charge in [0.15, 0.2) is 0 Å². The van der Waals surface area contributed by atoms with Gasteiger partial charge < -0.3 is 4.74 Å². The van der Waals surface area contributed by atoms with Crippen LogP contribution in [0.5, 0.6) is 0 Å². The normalized spacial score (nSPS) is 12.1. The van der Waals surface area contributed by atoms with Crippen LogP contribution in [0, 0.1) is 5.92 Å². The molecule has 0 saturated carbocycles. The van der Waals surface area contributed by atoms with Crippen molar-refractivity contribution < 1.29 is 14.3 Å². The van der Waals surface area contributed by atoms with Crippen molar-refractivity contribution in [1.82, 2.24) is 0 Å². The number of carbonyl (C=O) groups excluding carboxylic acids is 2. The third-order valence-corrected chi connectivity index (χ3v) is 4.26. The highest BCUT2D eigenvalue weighted by atomic mass is 35.5. The number of hydrogen-bond donors (Lipinski definition) is 0. The van der Waals surface area contributed by atoms with E-state index in [4.69, 9.17) is 16.3 Å². The van der Waals surface area contributed by atoms with Crippen LogP contribution in [-0.2, 0) is 14.3 Å². The zero-order valence-electron chi connectivity index (χ0n) is 14.4. The summed E-state index contributed by atoms with van der Waals surface area (Å²) in [5.74, 6) is -1.36. The third-order valence-electron chi connectivity index (χ3n) is 3.94. The number of rotatable bonds is 15. The predicted molar refractivity (Wildman–Crippen MR) is 92.1 cm³/mol. The number of carbonyl (C=O) groups is 2. The minimum Gasteiger partial charge on any atom is -0.465 e. The van der Waals surface area contributed by atoms with Crippen molar-refractivity contribution in [2.75, 3.05) is 6.61 Å². The van der Waals surface area contributed by atoms with Crippen LogP contribution in [0.2, 0.25) is 0 Å². The van der Waals surface area contributed by atoms with Crippen molar-refractivity contribution in [3.63, 3.8) is 0 Å². The molecule has 0 rings (SSSR count). The van der Waals surface area contributed by atoms with E-state index >= 15 is 0 Å². The molecule has 0 aromatic rings. The first kappa shape index (κ1) is 21.4. The van der Waals surface area contributed by atoms with E-state index in [1.54, 1.807) is 0 Å². The lowest BCUT2D eigenvalue weighted by molar-refractivity contribution is -0.149. The van der Waals surface area contributed by atoms with Crippen LogP contribution in [-0.4, -0.2) is 17.8 Å². The third kappa shape index (κ3) is 13.1. The molecule has 0 N–H and O–H groups in total. The fourth-order valence-corrected chi connectivity index (χ4v) is 2.42. The maximum atomic E-state index is 11.4. The molecule has 0 aromatic heterocycles. The lowest BCUT2D eigenvalue weighted by atomic mass is 10.1. The van der Waals surface area contributed by atoms with Crippen molar-refractivity contribution in [2.45, 2.75) is 90.9 Å². The SMILES string of the molecule is CCCCCCCCCCCCCCOC(=O)C(C)C(=O)Cl. The van der Waals surface area contributed by atoms with Gasteiger partial charge in [0, 0.05) is 0 Å². The van der Waals surface area contributed by atoms with Crippen molar-refractivity contribution in [1.29, 1.82) is 0 Å². The molecule has 0 aromatic carbocycles. The van der Waals surface area contributed by atoms with Gasteiger partial charge in [0.1, 0.15) is 5.92 Å². The fourth-order valence-electron chi connectivity index (χ4n) is 2.33. The minimum absolute atomic E-state index is 0.394. The van der Waals surface area contributed by atoms with E-state index in [1.807, 2.05) is 0 Å². The van der Waals surface area contributed by atoms with E-state index in [-0.39, 0.29) is 0 Å². The second-order valence-electron chi connectivity index (χ2n) is 6.08. The zero-order chi connectivity index (χ0) is 16.6. The van der Waals surface area contributed by atoms with Crippen LogP contribution >= 0.6 is 11.6 Å². The highest BCUT2D eigenvalue weighted by Crippen LogP contribution is 2.12. The van der Waals surface area contributed by atoms with Gasteiger partial charge in [0.2, 0.25) is 5.24 Å². The molecule has 0 fully saturated rings. The molecule has 0 aliphatic heterocycles. The van der Waals surface area contributed by atoms with E-state index in [0.717, 1.165) is 12.8 Å². The average molecular weight is 333 g/mol. The van der Waals surface area contributed by atoms with Gasteiger partial charge in [-0.1, -0.05) is 77.6 Å². The van der Waals surface area contributed by atoms with Crippen LogP contribution in [0.1, 0.15) is 90.9 Å². The van der Waals surface area contributed by atoms with Crippen molar-refractivity contribution in [3.05, 3.63) is 0 Å². The van der Waals surface area contributed by atoms with Crippen LogP contribution in [0.15, 0.2) is 0 Å². The average Bonchev–Trinajstić information content (AvgIpc) is 2.50. The summed E-state index contributed by atoms with van der Waals surface area (Å²) in [6.45, 7) is 4.11. The molecule has 0 aliphatic carbocycles. The van der Waals surface area contributed by atoms with Gasteiger partial charge in [-0.25, -0.2) is 0 Å². The topological polar surface area (TPSA) is 43.4 Å². The Balaban J connectivity index is 3.21. The second kappa shape index (κ2) is 15.3. The molecule has 0 spiro atoms. The first-order valence-corrected chi connectivity index (χ1v) is 9.33. The standard InChI is InChI=1S/C18H33ClO3/c1-3-4-5-6-7-8-9-10-11-12-13-14-15-22-18(21)16(2)17(19)20/h16H,3-15H2,1-2H3. The van der Waals surface area contributed by atoms with Gasteiger partial charge in [0.05, 0.1) is 6.61 Å². The molecule has 0 radical (unpaired) electrons. The number of hydrogen-bond acceptors (Lipinski definition) is 3. The molecule has 0 amide bonds. The molecule has 0 aliphatic rings. The summed E-state index contributed by atoms with van der Waals surface area (Å²) in [6, 6.07) is 0. The lowest BCUT2D eigenvalue weighted by Gasteiger charge is -2.07. The number of unbranched alkanes of at least 4 members (excludes halogenated alkanes) is 11. The van der Waals surface area contributed by atoms with Crippen LogP contribution in [0.4, 0.5) is 0 Å². The summed E-state index contributed by atoms with van der Waals surface area (Å²) in [5, 5.41) is -0.653. The van der Waals surface area contributed by atoms with E-state index in [1.165, 1.54) is 71.1 Å². The summed E-state index contributed by atoms with van der Waals surface area (Å²) in [7, 11) is 0. The molecule has 1 unspecified atom stereocenters. The summed E-state index contributed by atoms with van der Waals surface area (Å²) in [5.41, 5.74) is 0. The highest BCUT2D eigenvalue weighted by molar-refractivity contribution is 6.65. The maximum absolute atomic E-state index is 11.4. The summed E-state index contributed by atoms with van der Waals surface area (Å²) in [6.07, 6.45) is 15.3. The molecule has 4 heteroatoms. The molecular weight excluding hydrogens is 300 g/mol. The maximum Gasteiger partial charge on any atom is 0.317 e. The molecule has 3 nitrogen and oxygen atoms in total. The van der Waals surface area contributed by atoms with E-state index in [9.17, 15) is 9.59 Å². The Hall–Kier alpha value is -0.570. The fraction of sp³-hybridized carbons (Fsp3) is 0.889. The number of esters is 1. The first-order valence-electron chi connectivity index (χ1n) is 8.95. The minimum atomic E-state index is -0.848. The van der Waals surface area contributed by atoms with Gasteiger partial charge in [-0.05, 0) is 24.9 Å². The van der Waals surface area contributed by atoms with E-state index in [2.05, 4.69) is 6.92 Å². The first-order chi connectivity index (χ1) is 10.6. The monoisotopic (exact) mass is 332 g/mol. The molecule has 0 saturated heterocycles. The Bertz CT molecular complexity index is 292. The predicted octanol–water partition coefficient (Wildman–Crippen LogP) is 5.63. The Morgan fingerprint density at radius 3 is 1.64 bits per heavy atom. The molecule has 0 bridgehead atoms. The van der Waals surface area contributed by atoms with Gasteiger partial charge >= 0.3 is 5.97 Å². The van der Waals surface area contributed by atoms with E-state index in [0.29, 0.717) is 6.61 Å².